The molecule has 0 saturated carbocycles. The van der Waals surface area contributed by atoms with Gasteiger partial charge >= 0.3 is 0 Å². The van der Waals surface area contributed by atoms with Gasteiger partial charge in [-0.3, -0.25) is 0 Å². The van der Waals surface area contributed by atoms with Gasteiger partial charge in [0, 0.05) is 26.3 Å². The molecule has 1 nitrogen and oxygen atoms in total. The number of aryl methyl sites for hydroxylation is 1. The number of hydrogen-bond acceptors (Lipinski definition) is 1. The zero-order valence-electron chi connectivity index (χ0n) is 12.1. The fourth-order valence-corrected chi connectivity index (χ4v) is 2.84. The van der Waals surface area contributed by atoms with E-state index >= 15 is 0 Å². The molecule has 0 fully saturated rings. The van der Waals surface area contributed by atoms with E-state index < -0.39 is 0 Å². The van der Waals surface area contributed by atoms with Crippen molar-refractivity contribution < 1.29 is 20.1 Å². The minimum Gasteiger partial charge on any atom is -0.304 e. The molecule has 0 aliphatic heterocycles. The van der Waals surface area contributed by atoms with Crippen molar-refractivity contribution in [1.29, 1.82) is 0 Å². The standard InChI is InChI=1S/C20H14N.Ir/c1-14-6-5-9-18-17(14)11-10-16-13-21-20(12-19(16)18)15-7-3-2-4-8-15;/h2-7,9-13H,1H3;/q-1;. The first-order valence-corrected chi connectivity index (χ1v) is 7.08. The predicted octanol–water partition coefficient (Wildman–Crippen LogP) is 5.16. The van der Waals surface area contributed by atoms with Crippen LogP contribution >= 0.6 is 0 Å². The van der Waals surface area contributed by atoms with Crippen LogP contribution in [0, 0.1) is 13.0 Å². The van der Waals surface area contributed by atoms with Gasteiger partial charge in [-0.05, 0) is 39.7 Å². The van der Waals surface area contributed by atoms with E-state index in [1.165, 1.54) is 27.1 Å². The van der Waals surface area contributed by atoms with Crippen molar-refractivity contribution in [2.24, 2.45) is 0 Å². The number of benzene rings is 3. The van der Waals surface area contributed by atoms with E-state index in [-0.39, 0.29) is 20.1 Å². The van der Waals surface area contributed by atoms with Crippen LogP contribution in [0.5, 0.6) is 0 Å². The van der Waals surface area contributed by atoms with Gasteiger partial charge in [-0.2, -0.15) is 0 Å². The van der Waals surface area contributed by atoms with Crippen LogP contribution in [-0.2, 0) is 20.1 Å². The Hall–Kier alpha value is -2.02. The summed E-state index contributed by atoms with van der Waals surface area (Å²) in [6, 6.07) is 24.2. The minimum absolute atomic E-state index is 0. The molecule has 0 atom stereocenters. The Bertz CT molecular complexity index is 946. The molecule has 0 spiro atoms. The second-order valence-electron chi connectivity index (χ2n) is 5.30. The van der Waals surface area contributed by atoms with Crippen molar-refractivity contribution in [3.8, 4) is 11.3 Å². The zero-order chi connectivity index (χ0) is 14.2. The molecule has 0 amide bonds. The van der Waals surface area contributed by atoms with Crippen LogP contribution < -0.4 is 0 Å². The molecule has 22 heavy (non-hydrogen) atoms. The Morgan fingerprint density at radius 2 is 1.77 bits per heavy atom. The van der Waals surface area contributed by atoms with Crippen molar-refractivity contribution in [3.63, 3.8) is 0 Å². The van der Waals surface area contributed by atoms with Crippen LogP contribution in [-0.4, -0.2) is 4.98 Å². The third-order valence-corrected chi connectivity index (χ3v) is 3.96. The van der Waals surface area contributed by atoms with Crippen LogP contribution in [0.15, 0.2) is 66.9 Å². The maximum atomic E-state index is 4.58. The number of pyridine rings is 1. The second-order valence-corrected chi connectivity index (χ2v) is 5.30. The van der Waals surface area contributed by atoms with Gasteiger partial charge in [-0.25, -0.2) is 0 Å². The number of hydrogen-bond donors (Lipinski definition) is 0. The molecular formula is C20H14IrN-. The summed E-state index contributed by atoms with van der Waals surface area (Å²) in [6.45, 7) is 2.15. The third-order valence-electron chi connectivity index (χ3n) is 3.96. The van der Waals surface area contributed by atoms with Gasteiger partial charge in [0.25, 0.3) is 0 Å². The number of fused-ring (bicyclic) bond motifs is 3. The summed E-state index contributed by atoms with van der Waals surface area (Å²) in [6.07, 6.45) is 1.95. The van der Waals surface area contributed by atoms with Crippen molar-refractivity contribution in [2.75, 3.05) is 0 Å². The molecule has 0 aliphatic carbocycles. The molecule has 1 aromatic heterocycles. The van der Waals surface area contributed by atoms with Crippen LogP contribution in [0.1, 0.15) is 5.56 Å². The first-order chi connectivity index (χ1) is 10.3. The monoisotopic (exact) mass is 461 g/mol. The molecule has 0 aliphatic rings. The predicted molar refractivity (Wildman–Crippen MR) is 88.3 cm³/mol. The number of rotatable bonds is 1. The largest absolute Gasteiger partial charge is 0.304 e. The summed E-state index contributed by atoms with van der Waals surface area (Å²) >= 11 is 0. The minimum atomic E-state index is 0. The second kappa shape index (κ2) is 6.00. The molecule has 0 bridgehead atoms. The van der Waals surface area contributed by atoms with E-state index in [1.54, 1.807) is 0 Å². The van der Waals surface area contributed by atoms with E-state index in [2.05, 4.69) is 54.4 Å². The summed E-state index contributed by atoms with van der Waals surface area (Å²) in [5.41, 5.74) is 3.31. The molecule has 0 N–H and O–H groups in total. The molecule has 0 saturated heterocycles. The van der Waals surface area contributed by atoms with E-state index in [9.17, 15) is 0 Å². The molecule has 1 radical (unpaired) electrons. The molecular weight excluding hydrogens is 446 g/mol. The normalized spacial score (nSPS) is 10.6. The number of aromatic nitrogens is 1. The maximum Gasteiger partial charge on any atom is 0.0239 e. The Labute approximate surface area is 143 Å². The topological polar surface area (TPSA) is 12.9 Å². The van der Waals surface area contributed by atoms with Crippen LogP contribution in [0.2, 0.25) is 0 Å². The van der Waals surface area contributed by atoms with Gasteiger partial charge in [0.2, 0.25) is 0 Å². The Morgan fingerprint density at radius 3 is 2.59 bits per heavy atom. The smallest absolute Gasteiger partial charge is 0.0239 e. The summed E-state index contributed by atoms with van der Waals surface area (Å²) in [5, 5.41) is 5.01. The Kier molecular flexibility index (Phi) is 4.06. The SMILES string of the molecule is Cc1cccc2c1ccc1cnc(-c3[c-]cccc3)cc12.[Ir]. The quantitative estimate of drug-likeness (QED) is 0.282. The Morgan fingerprint density at radius 1 is 0.864 bits per heavy atom. The third kappa shape index (κ3) is 2.45. The average Bonchev–Trinajstić information content (AvgIpc) is 2.55. The van der Waals surface area contributed by atoms with Crippen molar-refractivity contribution in [3.05, 3.63) is 78.5 Å². The Balaban J connectivity index is 0.00000144. The molecule has 4 aromatic rings. The van der Waals surface area contributed by atoms with Crippen molar-refractivity contribution >= 4 is 21.5 Å². The summed E-state index contributed by atoms with van der Waals surface area (Å²) < 4.78 is 0. The maximum absolute atomic E-state index is 4.58. The summed E-state index contributed by atoms with van der Waals surface area (Å²) in [7, 11) is 0. The van der Waals surface area contributed by atoms with Gasteiger partial charge < -0.3 is 4.98 Å². The average molecular weight is 461 g/mol. The first-order valence-electron chi connectivity index (χ1n) is 7.08. The summed E-state index contributed by atoms with van der Waals surface area (Å²) in [5.74, 6) is 0. The van der Waals surface area contributed by atoms with Gasteiger partial charge in [0.1, 0.15) is 0 Å². The van der Waals surface area contributed by atoms with Gasteiger partial charge in [0.15, 0.2) is 0 Å². The van der Waals surface area contributed by atoms with Crippen molar-refractivity contribution in [1.82, 2.24) is 4.98 Å². The fourth-order valence-electron chi connectivity index (χ4n) is 2.84. The zero-order valence-corrected chi connectivity index (χ0v) is 14.5. The van der Waals surface area contributed by atoms with E-state index in [0.717, 1.165) is 11.3 Å². The molecule has 2 heteroatoms. The van der Waals surface area contributed by atoms with E-state index in [0.29, 0.717) is 0 Å². The van der Waals surface area contributed by atoms with Gasteiger partial charge in [-0.1, -0.05) is 36.4 Å². The molecule has 109 valence electrons. The van der Waals surface area contributed by atoms with Crippen molar-refractivity contribution in [2.45, 2.75) is 6.92 Å². The molecule has 1 heterocycles. The fraction of sp³-hybridized carbons (Fsp3) is 0.0500. The molecule has 0 unspecified atom stereocenters. The molecule has 4 rings (SSSR count). The van der Waals surface area contributed by atoms with Crippen LogP contribution in [0.4, 0.5) is 0 Å². The number of nitrogens with zero attached hydrogens (tertiary/aromatic N) is 1. The van der Waals surface area contributed by atoms with Crippen LogP contribution in [0.25, 0.3) is 32.8 Å². The van der Waals surface area contributed by atoms with Gasteiger partial charge in [0.05, 0.1) is 0 Å². The van der Waals surface area contributed by atoms with E-state index in [1.807, 2.05) is 30.5 Å². The molecule has 3 aromatic carbocycles. The van der Waals surface area contributed by atoms with E-state index in [4.69, 9.17) is 0 Å². The first kappa shape index (κ1) is 14.9. The van der Waals surface area contributed by atoms with Crippen LogP contribution in [0.3, 0.4) is 0 Å². The summed E-state index contributed by atoms with van der Waals surface area (Å²) in [4.78, 5) is 4.58. The van der Waals surface area contributed by atoms with Gasteiger partial charge in [-0.15, -0.1) is 35.9 Å².